The van der Waals surface area contributed by atoms with Crippen molar-refractivity contribution < 1.29 is 15.0 Å². The Kier molecular flexibility index (Phi) is 5.72. The molecular formula is C16H25NO3. The minimum Gasteiger partial charge on any atom is -0.480 e. The lowest BCUT2D eigenvalue weighted by Crippen LogP contribution is -2.44. The molecule has 0 saturated carbocycles. The first-order valence-electron chi connectivity index (χ1n) is 7.02. The molecule has 1 rings (SSSR count). The number of carboxylic acids is 1. The van der Waals surface area contributed by atoms with Crippen molar-refractivity contribution in [2.75, 3.05) is 0 Å². The summed E-state index contributed by atoms with van der Waals surface area (Å²) < 4.78 is 0. The third-order valence-corrected chi connectivity index (χ3v) is 3.68. The molecule has 20 heavy (non-hydrogen) atoms. The molecule has 3 unspecified atom stereocenters. The van der Waals surface area contributed by atoms with E-state index in [9.17, 15) is 9.90 Å². The second kappa shape index (κ2) is 6.86. The number of rotatable bonds is 6. The molecule has 0 spiro atoms. The first-order chi connectivity index (χ1) is 9.27. The topological polar surface area (TPSA) is 69.6 Å². The smallest absolute Gasteiger partial charge is 0.320 e. The van der Waals surface area contributed by atoms with Gasteiger partial charge in [-0.1, -0.05) is 24.6 Å². The molecule has 0 radical (unpaired) electrons. The zero-order chi connectivity index (χ0) is 15.4. The van der Waals surface area contributed by atoms with Gasteiger partial charge in [-0.25, -0.2) is 0 Å². The predicted octanol–water partition coefficient (Wildman–Crippen LogP) is 2.49. The fourth-order valence-corrected chi connectivity index (χ4v) is 2.68. The van der Waals surface area contributed by atoms with Crippen LogP contribution >= 0.6 is 0 Å². The second-order valence-corrected chi connectivity index (χ2v) is 5.51. The van der Waals surface area contributed by atoms with E-state index in [1.807, 2.05) is 46.8 Å². The first-order valence-corrected chi connectivity index (χ1v) is 7.02. The van der Waals surface area contributed by atoms with E-state index in [4.69, 9.17) is 5.11 Å². The minimum atomic E-state index is -0.885. The number of aliphatic carboxylic acids is 1. The minimum absolute atomic E-state index is 0.323. The molecular weight excluding hydrogens is 254 g/mol. The van der Waals surface area contributed by atoms with Gasteiger partial charge in [0.2, 0.25) is 0 Å². The van der Waals surface area contributed by atoms with E-state index in [-0.39, 0.29) is 6.04 Å². The summed E-state index contributed by atoms with van der Waals surface area (Å²) in [4.78, 5) is 11.1. The van der Waals surface area contributed by atoms with Crippen LogP contribution in [0.3, 0.4) is 0 Å². The van der Waals surface area contributed by atoms with Crippen molar-refractivity contribution in [2.45, 2.75) is 59.2 Å². The molecule has 0 fully saturated rings. The van der Waals surface area contributed by atoms with E-state index in [0.717, 1.165) is 22.3 Å². The zero-order valence-corrected chi connectivity index (χ0v) is 12.9. The van der Waals surface area contributed by atoms with E-state index in [1.165, 1.54) is 0 Å². The molecule has 1 aromatic carbocycles. The Hall–Kier alpha value is -1.39. The van der Waals surface area contributed by atoms with Gasteiger partial charge in [0.15, 0.2) is 0 Å². The van der Waals surface area contributed by atoms with Gasteiger partial charge < -0.3 is 10.2 Å². The molecule has 1 aromatic rings. The Balaban J connectivity index is 2.94. The molecule has 112 valence electrons. The first kappa shape index (κ1) is 16.7. The molecule has 0 aliphatic carbocycles. The summed E-state index contributed by atoms with van der Waals surface area (Å²) >= 11 is 0. The number of aliphatic hydroxyl groups is 1. The van der Waals surface area contributed by atoms with E-state index in [2.05, 4.69) is 5.32 Å². The van der Waals surface area contributed by atoms with E-state index in [0.29, 0.717) is 6.42 Å². The number of hydrogen-bond acceptors (Lipinski definition) is 3. The van der Waals surface area contributed by atoms with Gasteiger partial charge in [-0.05, 0) is 50.8 Å². The number of aryl methyl sites for hydroxylation is 3. The lowest BCUT2D eigenvalue weighted by molar-refractivity contribution is -0.140. The number of carboxylic acid groups (broad SMARTS) is 1. The Morgan fingerprint density at radius 3 is 2.15 bits per heavy atom. The number of nitrogens with one attached hydrogen (secondary N) is 1. The van der Waals surface area contributed by atoms with Crippen molar-refractivity contribution in [1.29, 1.82) is 0 Å². The molecule has 0 bridgehead atoms. The summed E-state index contributed by atoms with van der Waals surface area (Å²) in [5, 5.41) is 22.6. The van der Waals surface area contributed by atoms with Crippen LogP contribution in [0.1, 0.15) is 48.6 Å². The Labute approximate surface area is 120 Å². The Morgan fingerprint density at radius 1 is 1.25 bits per heavy atom. The second-order valence-electron chi connectivity index (χ2n) is 5.51. The maximum Gasteiger partial charge on any atom is 0.320 e. The van der Waals surface area contributed by atoms with Gasteiger partial charge in [-0.15, -0.1) is 0 Å². The van der Waals surface area contributed by atoms with Gasteiger partial charge in [-0.3, -0.25) is 10.1 Å². The van der Waals surface area contributed by atoms with Crippen LogP contribution in [0.15, 0.2) is 12.1 Å². The third-order valence-electron chi connectivity index (χ3n) is 3.68. The van der Waals surface area contributed by atoms with Crippen molar-refractivity contribution in [3.8, 4) is 0 Å². The van der Waals surface area contributed by atoms with E-state index in [1.54, 1.807) is 0 Å². The SMILES string of the molecule is CCC(NC(C)C(O)c1c(C)cc(C)cc1C)C(=O)O. The van der Waals surface area contributed by atoms with Crippen LogP contribution in [-0.2, 0) is 4.79 Å². The van der Waals surface area contributed by atoms with Crippen molar-refractivity contribution in [3.05, 3.63) is 34.4 Å². The highest BCUT2D eigenvalue weighted by atomic mass is 16.4. The van der Waals surface area contributed by atoms with Gasteiger partial charge in [0.25, 0.3) is 0 Å². The van der Waals surface area contributed by atoms with Gasteiger partial charge in [-0.2, -0.15) is 0 Å². The molecule has 0 aliphatic rings. The van der Waals surface area contributed by atoms with Crippen molar-refractivity contribution >= 4 is 5.97 Å². The largest absolute Gasteiger partial charge is 0.480 e. The molecule has 0 saturated heterocycles. The summed E-state index contributed by atoms with van der Waals surface area (Å²) in [5.41, 5.74) is 4.11. The van der Waals surface area contributed by atoms with E-state index >= 15 is 0 Å². The average molecular weight is 279 g/mol. The molecule has 0 aliphatic heterocycles. The summed E-state index contributed by atoms with van der Waals surface area (Å²) in [6.07, 6.45) is -0.234. The van der Waals surface area contributed by atoms with Crippen molar-refractivity contribution in [2.24, 2.45) is 0 Å². The van der Waals surface area contributed by atoms with Crippen molar-refractivity contribution in [1.82, 2.24) is 5.32 Å². The standard InChI is InChI=1S/C16H25NO3/c1-6-13(16(19)20)17-12(5)15(18)14-10(3)7-9(2)8-11(14)4/h7-8,12-13,15,17-18H,6H2,1-5H3,(H,19,20). The number of hydrogen-bond donors (Lipinski definition) is 3. The Morgan fingerprint density at radius 2 is 1.75 bits per heavy atom. The molecule has 4 nitrogen and oxygen atoms in total. The predicted molar refractivity (Wildman–Crippen MR) is 79.9 cm³/mol. The third kappa shape index (κ3) is 3.81. The molecule has 0 heterocycles. The van der Waals surface area contributed by atoms with E-state index < -0.39 is 18.1 Å². The highest BCUT2D eigenvalue weighted by Crippen LogP contribution is 2.26. The quantitative estimate of drug-likeness (QED) is 0.748. The summed E-state index contributed by atoms with van der Waals surface area (Å²) in [6.45, 7) is 9.59. The van der Waals surface area contributed by atoms with Crippen LogP contribution in [0.5, 0.6) is 0 Å². The molecule has 3 atom stereocenters. The maximum absolute atomic E-state index is 11.1. The molecule has 4 heteroatoms. The average Bonchev–Trinajstić information content (AvgIpc) is 2.33. The van der Waals surface area contributed by atoms with Crippen LogP contribution < -0.4 is 5.32 Å². The monoisotopic (exact) mass is 279 g/mol. The molecule has 0 amide bonds. The zero-order valence-electron chi connectivity index (χ0n) is 12.9. The molecule has 3 N–H and O–H groups in total. The highest BCUT2D eigenvalue weighted by Gasteiger charge is 2.24. The fourth-order valence-electron chi connectivity index (χ4n) is 2.68. The summed E-state index contributed by atoms with van der Waals surface area (Å²) in [6, 6.07) is 3.11. The van der Waals surface area contributed by atoms with Gasteiger partial charge in [0, 0.05) is 6.04 Å². The van der Waals surface area contributed by atoms with Gasteiger partial charge >= 0.3 is 5.97 Å². The van der Waals surface area contributed by atoms with Crippen LogP contribution in [0.2, 0.25) is 0 Å². The molecule has 0 aromatic heterocycles. The number of carbonyl (C=O) groups is 1. The fraction of sp³-hybridized carbons (Fsp3) is 0.562. The highest BCUT2D eigenvalue weighted by molar-refractivity contribution is 5.73. The van der Waals surface area contributed by atoms with Crippen LogP contribution in [0.25, 0.3) is 0 Å². The van der Waals surface area contributed by atoms with Crippen LogP contribution in [0, 0.1) is 20.8 Å². The Bertz CT molecular complexity index is 462. The van der Waals surface area contributed by atoms with Crippen molar-refractivity contribution in [3.63, 3.8) is 0 Å². The van der Waals surface area contributed by atoms with Gasteiger partial charge in [0.05, 0.1) is 6.10 Å². The lowest BCUT2D eigenvalue weighted by atomic mass is 9.92. The maximum atomic E-state index is 11.1. The number of aliphatic hydroxyl groups excluding tert-OH is 1. The summed E-state index contributed by atoms with van der Waals surface area (Å²) in [5.74, 6) is -0.885. The van der Waals surface area contributed by atoms with Crippen LogP contribution in [0.4, 0.5) is 0 Å². The van der Waals surface area contributed by atoms with Gasteiger partial charge in [0.1, 0.15) is 6.04 Å². The number of benzene rings is 1. The lowest BCUT2D eigenvalue weighted by Gasteiger charge is -2.26. The van der Waals surface area contributed by atoms with Crippen LogP contribution in [-0.4, -0.2) is 28.3 Å². The summed E-state index contributed by atoms with van der Waals surface area (Å²) in [7, 11) is 0. The normalized spacial score (nSPS) is 15.7.